The van der Waals surface area contributed by atoms with E-state index in [1.165, 1.54) is 4.90 Å². The van der Waals surface area contributed by atoms with Crippen LogP contribution in [0.2, 0.25) is 0 Å². The third-order valence-electron chi connectivity index (χ3n) is 2.46. The van der Waals surface area contributed by atoms with Crippen molar-refractivity contribution in [1.29, 1.82) is 0 Å². The number of nitrogens with zero attached hydrogens (tertiary/aromatic N) is 1. The summed E-state index contributed by atoms with van der Waals surface area (Å²) in [7, 11) is 0. The van der Waals surface area contributed by atoms with Crippen molar-refractivity contribution >= 4 is 17.9 Å². The number of ether oxygens (including phenoxy) is 1. The van der Waals surface area contributed by atoms with Gasteiger partial charge in [0.05, 0.1) is 12.2 Å². The standard InChI is InChI=1S/C11H12N2O3/c12-6-8-1-2-10-9(5-8)13(3-4-14)11(15)7-16-10/h1-2,4-5H,3,6-7,12H2. The Labute approximate surface area is 92.8 Å². The summed E-state index contributed by atoms with van der Waals surface area (Å²) >= 11 is 0. The molecule has 1 aliphatic rings. The van der Waals surface area contributed by atoms with Crippen LogP contribution in [0.1, 0.15) is 5.56 Å². The Morgan fingerprint density at radius 3 is 3.00 bits per heavy atom. The van der Waals surface area contributed by atoms with Gasteiger partial charge in [0.1, 0.15) is 12.0 Å². The average Bonchev–Trinajstić information content (AvgIpc) is 2.32. The van der Waals surface area contributed by atoms with Gasteiger partial charge in [0.15, 0.2) is 6.61 Å². The van der Waals surface area contributed by atoms with Crippen molar-refractivity contribution in [3.8, 4) is 5.75 Å². The molecule has 1 aromatic carbocycles. The first-order valence-electron chi connectivity index (χ1n) is 4.96. The van der Waals surface area contributed by atoms with Crippen LogP contribution in [-0.2, 0) is 16.1 Å². The highest BCUT2D eigenvalue weighted by atomic mass is 16.5. The molecule has 0 aliphatic carbocycles. The Bertz CT molecular complexity index is 431. The summed E-state index contributed by atoms with van der Waals surface area (Å²) in [6.07, 6.45) is 0.697. The first kappa shape index (κ1) is 10.6. The molecule has 1 aliphatic heterocycles. The van der Waals surface area contributed by atoms with E-state index in [2.05, 4.69) is 0 Å². The first-order valence-corrected chi connectivity index (χ1v) is 4.96. The van der Waals surface area contributed by atoms with Gasteiger partial charge in [-0.1, -0.05) is 6.07 Å². The number of hydrogen-bond donors (Lipinski definition) is 1. The number of hydrogen-bond acceptors (Lipinski definition) is 4. The lowest BCUT2D eigenvalue weighted by Crippen LogP contribution is -2.39. The lowest BCUT2D eigenvalue weighted by Gasteiger charge is -2.28. The average molecular weight is 220 g/mol. The summed E-state index contributed by atoms with van der Waals surface area (Å²) in [5.41, 5.74) is 7.04. The minimum atomic E-state index is -0.214. The minimum Gasteiger partial charge on any atom is -0.482 e. The second kappa shape index (κ2) is 4.32. The fourth-order valence-electron chi connectivity index (χ4n) is 1.65. The number of fused-ring (bicyclic) bond motifs is 1. The van der Waals surface area contributed by atoms with Crippen molar-refractivity contribution in [2.45, 2.75) is 6.54 Å². The molecular weight excluding hydrogens is 208 g/mol. The van der Waals surface area contributed by atoms with Crippen LogP contribution in [0.5, 0.6) is 5.75 Å². The quantitative estimate of drug-likeness (QED) is 0.731. The van der Waals surface area contributed by atoms with Crippen LogP contribution in [0.3, 0.4) is 0 Å². The highest BCUT2D eigenvalue weighted by molar-refractivity contribution is 5.99. The van der Waals surface area contributed by atoms with Crippen molar-refractivity contribution in [2.24, 2.45) is 5.73 Å². The number of nitrogens with two attached hydrogens (primary N) is 1. The number of amides is 1. The van der Waals surface area contributed by atoms with E-state index in [0.717, 1.165) is 5.56 Å². The molecule has 5 heteroatoms. The molecule has 84 valence electrons. The predicted octanol–water partition coefficient (Wildman–Crippen LogP) is 0.0696. The summed E-state index contributed by atoms with van der Waals surface area (Å²) in [5.74, 6) is 0.396. The number of aldehydes is 1. The molecule has 1 amide bonds. The van der Waals surface area contributed by atoms with E-state index < -0.39 is 0 Å². The molecule has 0 bridgehead atoms. The maximum absolute atomic E-state index is 11.6. The van der Waals surface area contributed by atoms with Crippen molar-refractivity contribution in [3.63, 3.8) is 0 Å². The van der Waals surface area contributed by atoms with E-state index in [-0.39, 0.29) is 19.1 Å². The molecule has 2 rings (SSSR count). The first-order chi connectivity index (χ1) is 7.76. The maximum atomic E-state index is 11.6. The zero-order valence-electron chi connectivity index (χ0n) is 8.68. The number of benzene rings is 1. The molecule has 16 heavy (non-hydrogen) atoms. The van der Waals surface area contributed by atoms with Crippen LogP contribution >= 0.6 is 0 Å². The highest BCUT2D eigenvalue weighted by Crippen LogP contribution is 2.32. The second-order valence-corrected chi connectivity index (χ2v) is 3.47. The van der Waals surface area contributed by atoms with Crippen LogP contribution in [-0.4, -0.2) is 25.3 Å². The smallest absolute Gasteiger partial charge is 0.265 e. The Hall–Kier alpha value is -1.88. The number of carbonyl (C=O) groups excluding carboxylic acids is 2. The van der Waals surface area contributed by atoms with E-state index in [1.54, 1.807) is 12.1 Å². The summed E-state index contributed by atoms with van der Waals surface area (Å²) in [5, 5.41) is 0. The fourth-order valence-corrected chi connectivity index (χ4v) is 1.65. The summed E-state index contributed by atoms with van der Waals surface area (Å²) in [6.45, 7) is 0.405. The van der Waals surface area contributed by atoms with Crippen molar-refractivity contribution in [2.75, 3.05) is 18.1 Å². The molecule has 1 heterocycles. The Kier molecular flexibility index (Phi) is 2.87. The molecule has 5 nitrogen and oxygen atoms in total. The predicted molar refractivity (Wildman–Crippen MR) is 58.2 cm³/mol. The number of rotatable bonds is 3. The van der Waals surface area contributed by atoms with Crippen LogP contribution in [0.25, 0.3) is 0 Å². The lowest BCUT2D eigenvalue weighted by atomic mass is 10.1. The molecule has 0 saturated heterocycles. The zero-order chi connectivity index (χ0) is 11.5. The van der Waals surface area contributed by atoms with E-state index in [9.17, 15) is 9.59 Å². The molecule has 0 radical (unpaired) electrons. The Balaban J connectivity index is 2.43. The topological polar surface area (TPSA) is 72.6 Å². The summed E-state index contributed by atoms with van der Waals surface area (Å²) in [4.78, 5) is 23.5. The van der Waals surface area contributed by atoms with Gasteiger partial charge in [-0.05, 0) is 17.7 Å². The highest BCUT2D eigenvalue weighted by Gasteiger charge is 2.25. The largest absolute Gasteiger partial charge is 0.482 e. The van der Waals surface area contributed by atoms with Gasteiger partial charge in [-0.3, -0.25) is 9.69 Å². The number of carbonyl (C=O) groups is 2. The van der Waals surface area contributed by atoms with E-state index in [4.69, 9.17) is 10.5 Å². The third-order valence-corrected chi connectivity index (χ3v) is 2.46. The summed E-state index contributed by atoms with van der Waals surface area (Å²) < 4.78 is 5.26. The van der Waals surface area contributed by atoms with Crippen molar-refractivity contribution in [3.05, 3.63) is 23.8 Å². The van der Waals surface area contributed by atoms with Gasteiger partial charge in [0.2, 0.25) is 0 Å². The maximum Gasteiger partial charge on any atom is 0.265 e. The third kappa shape index (κ3) is 1.77. The molecule has 0 unspecified atom stereocenters. The van der Waals surface area contributed by atoms with E-state index >= 15 is 0 Å². The molecule has 2 N–H and O–H groups in total. The van der Waals surface area contributed by atoms with Gasteiger partial charge < -0.3 is 15.3 Å². The van der Waals surface area contributed by atoms with Gasteiger partial charge in [-0.15, -0.1) is 0 Å². The van der Waals surface area contributed by atoms with E-state index in [1.807, 2.05) is 6.07 Å². The Morgan fingerprint density at radius 1 is 1.50 bits per heavy atom. The van der Waals surface area contributed by atoms with Gasteiger partial charge in [-0.2, -0.15) is 0 Å². The van der Waals surface area contributed by atoms with Gasteiger partial charge in [0, 0.05) is 6.54 Å². The number of anilines is 1. The monoisotopic (exact) mass is 220 g/mol. The lowest BCUT2D eigenvalue weighted by molar-refractivity contribution is -0.122. The molecule has 0 fully saturated rings. The van der Waals surface area contributed by atoms with Crippen LogP contribution in [0.15, 0.2) is 18.2 Å². The second-order valence-electron chi connectivity index (χ2n) is 3.47. The molecular formula is C11H12N2O3. The van der Waals surface area contributed by atoms with Gasteiger partial charge in [-0.25, -0.2) is 0 Å². The molecule has 0 atom stereocenters. The normalized spacial score (nSPS) is 14.3. The van der Waals surface area contributed by atoms with Gasteiger partial charge >= 0.3 is 0 Å². The molecule has 0 aromatic heterocycles. The van der Waals surface area contributed by atoms with Crippen LogP contribution < -0.4 is 15.4 Å². The summed E-state index contributed by atoms with van der Waals surface area (Å²) in [6, 6.07) is 5.38. The van der Waals surface area contributed by atoms with Gasteiger partial charge in [0.25, 0.3) is 5.91 Å². The fraction of sp³-hybridized carbons (Fsp3) is 0.273. The minimum absolute atomic E-state index is 0.0250. The van der Waals surface area contributed by atoms with Crippen LogP contribution in [0.4, 0.5) is 5.69 Å². The molecule has 0 saturated carbocycles. The SMILES string of the molecule is NCc1ccc2c(c1)N(CC=O)C(=O)CO2. The van der Waals surface area contributed by atoms with Crippen LogP contribution in [0, 0.1) is 0 Å². The van der Waals surface area contributed by atoms with Crippen molar-refractivity contribution in [1.82, 2.24) is 0 Å². The van der Waals surface area contributed by atoms with E-state index in [0.29, 0.717) is 24.3 Å². The zero-order valence-corrected chi connectivity index (χ0v) is 8.68. The molecule has 0 spiro atoms. The molecule has 1 aromatic rings. The van der Waals surface area contributed by atoms with Crippen molar-refractivity contribution < 1.29 is 14.3 Å². The Morgan fingerprint density at radius 2 is 2.31 bits per heavy atom.